The van der Waals surface area contributed by atoms with Crippen LogP contribution in [0.25, 0.3) is 0 Å². The van der Waals surface area contributed by atoms with Crippen LogP contribution in [0.15, 0.2) is 18.2 Å². The first kappa shape index (κ1) is 16.4. The Morgan fingerprint density at radius 1 is 1.36 bits per heavy atom. The van der Waals surface area contributed by atoms with Crippen molar-refractivity contribution in [2.24, 2.45) is 5.92 Å². The molecule has 0 bridgehead atoms. The maximum absolute atomic E-state index is 13.7. The summed E-state index contributed by atoms with van der Waals surface area (Å²) in [4.78, 5) is 24.3. The third kappa shape index (κ3) is 3.59. The van der Waals surface area contributed by atoms with Gasteiger partial charge in [0.25, 0.3) is 0 Å². The topological polar surface area (TPSA) is 66.8 Å². The van der Waals surface area contributed by atoms with Crippen molar-refractivity contribution in [3.63, 3.8) is 0 Å². The van der Waals surface area contributed by atoms with Gasteiger partial charge >= 0.3 is 5.97 Å². The third-order valence-corrected chi connectivity index (χ3v) is 3.68. The molecule has 5 nitrogen and oxygen atoms in total. The molecule has 1 aliphatic carbocycles. The van der Waals surface area contributed by atoms with Gasteiger partial charge in [-0.3, -0.25) is 9.59 Å². The second-order valence-corrected chi connectivity index (χ2v) is 5.23. The number of hydrogen-bond donors (Lipinski definition) is 1. The van der Waals surface area contributed by atoms with E-state index in [9.17, 15) is 18.4 Å². The number of amides is 1. The highest BCUT2D eigenvalue weighted by molar-refractivity contribution is 5.86. The quantitative estimate of drug-likeness (QED) is 0.831. The minimum absolute atomic E-state index is 0.0946. The van der Waals surface area contributed by atoms with Gasteiger partial charge in [-0.15, -0.1) is 0 Å². The molecule has 0 spiro atoms. The molecular formula is C15H17F2NO4. The molecule has 1 N–H and O–H groups in total. The molecule has 1 saturated carbocycles. The number of halogens is 2. The number of benzene rings is 1. The van der Waals surface area contributed by atoms with E-state index in [0.717, 1.165) is 17.0 Å². The zero-order chi connectivity index (χ0) is 16.3. The van der Waals surface area contributed by atoms with E-state index in [1.54, 1.807) is 0 Å². The first-order valence-corrected chi connectivity index (χ1v) is 6.89. The molecule has 0 aliphatic heterocycles. The first-order chi connectivity index (χ1) is 10.5. The normalized spacial score (nSPS) is 19.8. The van der Waals surface area contributed by atoms with Crippen LogP contribution in [0.2, 0.25) is 0 Å². The van der Waals surface area contributed by atoms with Gasteiger partial charge < -0.3 is 14.7 Å². The van der Waals surface area contributed by atoms with Crippen molar-refractivity contribution in [1.82, 2.24) is 4.90 Å². The SMILES string of the molecule is COCCN(CC(=O)O)C(=O)[C@H]1C[C@H]1c1c(F)cccc1F. The van der Waals surface area contributed by atoms with Crippen LogP contribution in [-0.4, -0.2) is 48.7 Å². The molecular weight excluding hydrogens is 296 g/mol. The van der Waals surface area contributed by atoms with Gasteiger partial charge in [-0.1, -0.05) is 6.07 Å². The predicted molar refractivity (Wildman–Crippen MR) is 73.3 cm³/mol. The minimum atomic E-state index is -1.14. The zero-order valence-electron chi connectivity index (χ0n) is 12.1. The molecule has 1 aromatic carbocycles. The molecule has 1 amide bonds. The van der Waals surface area contributed by atoms with E-state index in [2.05, 4.69) is 0 Å². The Labute approximate surface area is 126 Å². The molecule has 0 unspecified atom stereocenters. The van der Waals surface area contributed by atoms with Crippen LogP contribution in [0.4, 0.5) is 8.78 Å². The maximum Gasteiger partial charge on any atom is 0.323 e. The number of ether oxygens (including phenoxy) is 1. The Kier molecular flexibility index (Phi) is 5.07. The van der Waals surface area contributed by atoms with Crippen molar-refractivity contribution in [2.75, 3.05) is 26.8 Å². The molecule has 120 valence electrons. The molecule has 0 saturated heterocycles. The summed E-state index contributed by atoms with van der Waals surface area (Å²) in [5.41, 5.74) is -0.0946. The Hall–Kier alpha value is -2.02. The number of carbonyl (C=O) groups excluding carboxylic acids is 1. The van der Waals surface area contributed by atoms with Gasteiger partial charge in [0.2, 0.25) is 5.91 Å². The summed E-state index contributed by atoms with van der Waals surface area (Å²) >= 11 is 0. The summed E-state index contributed by atoms with van der Waals surface area (Å²) in [6.45, 7) is -0.125. The lowest BCUT2D eigenvalue weighted by atomic mass is 10.1. The van der Waals surface area contributed by atoms with Crippen molar-refractivity contribution in [3.8, 4) is 0 Å². The average Bonchev–Trinajstić information content (AvgIpc) is 3.22. The number of methoxy groups -OCH3 is 1. The number of carboxylic acids is 1. The van der Waals surface area contributed by atoms with Gasteiger partial charge in [0.1, 0.15) is 18.2 Å². The van der Waals surface area contributed by atoms with Gasteiger partial charge in [-0.05, 0) is 18.6 Å². The van der Waals surface area contributed by atoms with Gasteiger partial charge in [0, 0.05) is 31.1 Å². The lowest BCUT2D eigenvalue weighted by Crippen LogP contribution is -2.39. The third-order valence-electron chi connectivity index (χ3n) is 3.68. The first-order valence-electron chi connectivity index (χ1n) is 6.89. The highest BCUT2D eigenvalue weighted by Crippen LogP contribution is 2.50. The molecule has 1 fully saturated rings. The Morgan fingerprint density at radius 2 is 2.00 bits per heavy atom. The van der Waals surface area contributed by atoms with E-state index in [-0.39, 0.29) is 18.7 Å². The predicted octanol–water partition coefficient (Wildman–Crippen LogP) is 1.63. The maximum atomic E-state index is 13.7. The Bertz CT molecular complexity index is 558. The minimum Gasteiger partial charge on any atom is -0.480 e. The monoisotopic (exact) mass is 313 g/mol. The number of carboxylic acid groups (broad SMARTS) is 1. The summed E-state index contributed by atoms with van der Waals surface area (Å²) in [5.74, 6) is -4.02. The van der Waals surface area contributed by atoms with Crippen molar-refractivity contribution < 1.29 is 28.2 Å². The second kappa shape index (κ2) is 6.83. The highest BCUT2D eigenvalue weighted by atomic mass is 19.1. The van der Waals surface area contributed by atoms with E-state index in [1.807, 2.05) is 0 Å². The van der Waals surface area contributed by atoms with E-state index in [4.69, 9.17) is 9.84 Å². The Morgan fingerprint density at radius 3 is 2.55 bits per heavy atom. The number of carbonyl (C=O) groups is 2. The summed E-state index contributed by atoms with van der Waals surface area (Å²) in [6, 6.07) is 3.57. The number of aliphatic carboxylic acids is 1. The molecule has 0 radical (unpaired) electrons. The van der Waals surface area contributed by atoms with E-state index < -0.39 is 41.9 Å². The van der Waals surface area contributed by atoms with Crippen LogP contribution in [0.3, 0.4) is 0 Å². The van der Waals surface area contributed by atoms with Crippen molar-refractivity contribution >= 4 is 11.9 Å². The standard InChI is InChI=1S/C15H17F2NO4/c1-22-6-5-18(8-13(19)20)15(21)10-7-9(10)14-11(16)3-2-4-12(14)17/h2-4,9-10H,5-8H2,1H3,(H,19,20)/t9-,10+/m1/s1. The van der Waals surface area contributed by atoms with Crippen LogP contribution < -0.4 is 0 Å². The number of hydrogen-bond acceptors (Lipinski definition) is 3. The molecule has 2 rings (SSSR count). The van der Waals surface area contributed by atoms with Crippen molar-refractivity contribution in [2.45, 2.75) is 12.3 Å². The zero-order valence-corrected chi connectivity index (χ0v) is 12.1. The van der Waals surface area contributed by atoms with Crippen molar-refractivity contribution in [3.05, 3.63) is 35.4 Å². The van der Waals surface area contributed by atoms with Crippen LogP contribution >= 0.6 is 0 Å². The fourth-order valence-electron chi connectivity index (χ4n) is 2.52. The molecule has 1 aromatic rings. The smallest absolute Gasteiger partial charge is 0.323 e. The summed E-state index contributed by atoms with van der Waals surface area (Å²) in [7, 11) is 1.44. The van der Waals surface area contributed by atoms with Gasteiger partial charge in [0.15, 0.2) is 0 Å². The average molecular weight is 313 g/mol. The molecule has 1 aliphatic rings. The van der Waals surface area contributed by atoms with Gasteiger partial charge in [-0.2, -0.15) is 0 Å². The molecule has 7 heteroatoms. The van der Waals surface area contributed by atoms with Gasteiger partial charge in [-0.25, -0.2) is 8.78 Å². The second-order valence-electron chi connectivity index (χ2n) is 5.23. The van der Waals surface area contributed by atoms with E-state index in [1.165, 1.54) is 13.2 Å². The van der Waals surface area contributed by atoms with Crippen LogP contribution in [0.5, 0.6) is 0 Å². The molecule has 22 heavy (non-hydrogen) atoms. The fraction of sp³-hybridized carbons (Fsp3) is 0.467. The Balaban J connectivity index is 2.08. The summed E-state index contributed by atoms with van der Waals surface area (Å²) < 4.78 is 32.3. The summed E-state index contributed by atoms with van der Waals surface area (Å²) in [5, 5.41) is 8.85. The van der Waals surface area contributed by atoms with Crippen LogP contribution in [-0.2, 0) is 14.3 Å². The highest BCUT2D eigenvalue weighted by Gasteiger charge is 2.48. The van der Waals surface area contributed by atoms with Crippen LogP contribution in [0, 0.1) is 17.6 Å². The van der Waals surface area contributed by atoms with Crippen molar-refractivity contribution in [1.29, 1.82) is 0 Å². The number of rotatable bonds is 7. The largest absolute Gasteiger partial charge is 0.480 e. The molecule has 2 atom stereocenters. The molecule has 0 heterocycles. The van der Waals surface area contributed by atoms with Gasteiger partial charge in [0.05, 0.1) is 6.61 Å². The fourth-order valence-corrected chi connectivity index (χ4v) is 2.52. The van der Waals surface area contributed by atoms with E-state index >= 15 is 0 Å². The van der Waals surface area contributed by atoms with E-state index in [0.29, 0.717) is 6.42 Å². The summed E-state index contributed by atoms with van der Waals surface area (Å²) in [6.07, 6.45) is 0.319. The lowest BCUT2D eigenvalue weighted by molar-refractivity contribution is -0.145. The molecule has 0 aromatic heterocycles. The van der Waals surface area contributed by atoms with Crippen LogP contribution in [0.1, 0.15) is 17.9 Å². The lowest BCUT2D eigenvalue weighted by Gasteiger charge is -2.20. The number of nitrogens with zero attached hydrogens (tertiary/aromatic N) is 1.